The minimum Gasteiger partial charge on any atom is -0.444 e. The van der Waals surface area contributed by atoms with Crippen LogP contribution in [0.4, 0.5) is 4.79 Å². The van der Waals surface area contributed by atoms with Crippen LogP contribution >= 0.6 is 0 Å². The average Bonchev–Trinajstić information content (AvgIpc) is 2.54. The first-order valence-corrected chi connectivity index (χ1v) is 9.35. The fourth-order valence-electron chi connectivity index (χ4n) is 3.22. The van der Waals surface area contributed by atoms with E-state index in [1.54, 1.807) is 0 Å². The van der Waals surface area contributed by atoms with Crippen LogP contribution in [0, 0.1) is 5.92 Å². The zero-order valence-electron chi connectivity index (χ0n) is 16.5. The van der Waals surface area contributed by atoms with E-state index >= 15 is 0 Å². The molecule has 0 aliphatic rings. The Morgan fingerprint density at radius 2 is 1.38 bits per heavy atom. The predicted molar refractivity (Wildman–Crippen MR) is 107 cm³/mol. The number of hydrogen-bond donors (Lipinski definition) is 1. The standard InChI is InChI=1S/C23H31NO2/c1-17(2)16-20(24-22(25)26-23(3,4)5)21(18-12-8-6-9-13-18)19-14-10-7-11-15-19/h6-15,17,20-21H,16H2,1-5H3,(H,24,25). The molecule has 1 unspecified atom stereocenters. The van der Waals surface area contributed by atoms with Gasteiger partial charge in [-0.3, -0.25) is 0 Å². The molecule has 140 valence electrons. The zero-order chi connectivity index (χ0) is 19.2. The van der Waals surface area contributed by atoms with Crippen LogP contribution < -0.4 is 5.32 Å². The Morgan fingerprint density at radius 1 is 0.923 bits per heavy atom. The number of alkyl carbamates (subject to hydrolysis) is 1. The molecule has 0 radical (unpaired) electrons. The summed E-state index contributed by atoms with van der Waals surface area (Å²) < 4.78 is 5.52. The minimum absolute atomic E-state index is 0.0466. The second kappa shape index (κ2) is 8.88. The Hall–Kier alpha value is -2.29. The van der Waals surface area contributed by atoms with Crippen LogP contribution in [0.2, 0.25) is 0 Å². The van der Waals surface area contributed by atoms with Gasteiger partial charge in [-0.15, -0.1) is 0 Å². The van der Waals surface area contributed by atoms with Crippen LogP contribution in [0.5, 0.6) is 0 Å². The number of nitrogens with one attached hydrogen (secondary N) is 1. The topological polar surface area (TPSA) is 38.3 Å². The fraction of sp³-hybridized carbons (Fsp3) is 0.435. The molecule has 0 aliphatic heterocycles. The Balaban J connectivity index is 2.37. The lowest BCUT2D eigenvalue weighted by Crippen LogP contribution is -2.43. The van der Waals surface area contributed by atoms with Crippen LogP contribution in [0.3, 0.4) is 0 Å². The van der Waals surface area contributed by atoms with E-state index in [0.717, 1.165) is 6.42 Å². The minimum atomic E-state index is -0.512. The van der Waals surface area contributed by atoms with Crippen LogP contribution in [0.15, 0.2) is 60.7 Å². The molecular weight excluding hydrogens is 322 g/mol. The maximum Gasteiger partial charge on any atom is 0.407 e. The molecule has 2 aromatic rings. The summed E-state index contributed by atoms with van der Waals surface area (Å²) in [6.45, 7) is 10.0. The van der Waals surface area contributed by atoms with Gasteiger partial charge in [0.15, 0.2) is 0 Å². The summed E-state index contributed by atoms with van der Waals surface area (Å²) in [5.74, 6) is 0.525. The van der Waals surface area contributed by atoms with Crippen molar-refractivity contribution in [1.82, 2.24) is 5.32 Å². The van der Waals surface area contributed by atoms with Gasteiger partial charge in [0.2, 0.25) is 0 Å². The summed E-state index contributed by atoms with van der Waals surface area (Å²) in [6, 6.07) is 20.7. The summed E-state index contributed by atoms with van der Waals surface area (Å²) in [5, 5.41) is 3.14. The van der Waals surface area contributed by atoms with Gasteiger partial charge >= 0.3 is 6.09 Å². The molecule has 0 saturated heterocycles. The summed E-state index contributed by atoms with van der Waals surface area (Å²) in [7, 11) is 0. The largest absolute Gasteiger partial charge is 0.444 e. The quantitative estimate of drug-likeness (QED) is 0.717. The Labute approximate surface area is 157 Å². The van der Waals surface area contributed by atoms with E-state index in [4.69, 9.17) is 4.74 Å². The van der Waals surface area contributed by atoms with Gasteiger partial charge in [0.05, 0.1) is 0 Å². The zero-order valence-corrected chi connectivity index (χ0v) is 16.5. The van der Waals surface area contributed by atoms with Crippen molar-refractivity contribution in [2.45, 2.75) is 58.6 Å². The lowest BCUT2D eigenvalue weighted by atomic mass is 9.81. The number of carbonyl (C=O) groups is 1. The molecule has 1 atom stereocenters. The average molecular weight is 354 g/mol. The summed E-state index contributed by atoms with van der Waals surface area (Å²) in [6.07, 6.45) is 0.508. The number of hydrogen-bond acceptors (Lipinski definition) is 2. The van der Waals surface area contributed by atoms with Gasteiger partial charge in [-0.25, -0.2) is 4.79 Å². The third kappa shape index (κ3) is 6.21. The Bertz CT molecular complexity index is 635. The van der Waals surface area contributed by atoms with Crippen molar-refractivity contribution in [3.05, 3.63) is 71.8 Å². The number of rotatable bonds is 6. The van der Waals surface area contributed by atoms with Crippen LogP contribution in [-0.4, -0.2) is 17.7 Å². The first-order chi connectivity index (χ1) is 12.3. The van der Waals surface area contributed by atoms with Gasteiger partial charge in [-0.05, 0) is 44.2 Å². The molecular formula is C23H31NO2. The normalized spacial score (nSPS) is 12.9. The molecule has 1 N–H and O–H groups in total. The molecule has 0 heterocycles. The van der Waals surface area contributed by atoms with Crippen molar-refractivity contribution >= 4 is 6.09 Å². The van der Waals surface area contributed by atoms with E-state index in [1.165, 1.54) is 11.1 Å². The van der Waals surface area contributed by atoms with Crippen molar-refractivity contribution < 1.29 is 9.53 Å². The molecule has 0 bridgehead atoms. The lowest BCUT2D eigenvalue weighted by molar-refractivity contribution is 0.0493. The Kier molecular flexibility index (Phi) is 6.84. The monoisotopic (exact) mass is 353 g/mol. The van der Waals surface area contributed by atoms with Gasteiger partial charge in [0.25, 0.3) is 0 Å². The predicted octanol–water partition coefficient (Wildman–Crippen LogP) is 5.76. The molecule has 3 heteroatoms. The third-order valence-electron chi connectivity index (χ3n) is 4.15. The summed E-state index contributed by atoms with van der Waals surface area (Å²) in [5.41, 5.74) is 1.88. The highest BCUT2D eigenvalue weighted by Crippen LogP contribution is 2.31. The first kappa shape index (κ1) is 20.0. The van der Waals surface area contributed by atoms with E-state index in [-0.39, 0.29) is 18.1 Å². The molecule has 3 nitrogen and oxygen atoms in total. The highest BCUT2D eigenvalue weighted by molar-refractivity contribution is 5.68. The highest BCUT2D eigenvalue weighted by atomic mass is 16.6. The molecule has 26 heavy (non-hydrogen) atoms. The van der Waals surface area contributed by atoms with E-state index in [9.17, 15) is 4.79 Å². The number of benzene rings is 2. The van der Waals surface area contributed by atoms with Crippen molar-refractivity contribution in [2.24, 2.45) is 5.92 Å². The van der Waals surface area contributed by atoms with Crippen molar-refractivity contribution in [1.29, 1.82) is 0 Å². The van der Waals surface area contributed by atoms with Gasteiger partial charge < -0.3 is 10.1 Å². The Morgan fingerprint density at radius 3 is 1.77 bits per heavy atom. The van der Waals surface area contributed by atoms with Gasteiger partial charge in [0, 0.05) is 12.0 Å². The third-order valence-corrected chi connectivity index (χ3v) is 4.15. The number of ether oxygens (including phenoxy) is 1. The van der Waals surface area contributed by atoms with Crippen molar-refractivity contribution in [3.8, 4) is 0 Å². The summed E-state index contributed by atoms with van der Waals surface area (Å²) >= 11 is 0. The second-order valence-electron chi connectivity index (χ2n) is 8.18. The fourth-order valence-corrected chi connectivity index (χ4v) is 3.22. The van der Waals surface area contributed by atoms with Gasteiger partial charge in [-0.2, -0.15) is 0 Å². The maximum absolute atomic E-state index is 12.5. The molecule has 0 spiro atoms. The lowest BCUT2D eigenvalue weighted by Gasteiger charge is -2.31. The summed E-state index contributed by atoms with van der Waals surface area (Å²) in [4.78, 5) is 12.5. The van der Waals surface area contributed by atoms with Gasteiger partial charge in [0.1, 0.15) is 5.60 Å². The van der Waals surface area contributed by atoms with E-state index in [1.807, 2.05) is 57.2 Å². The van der Waals surface area contributed by atoms with E-state index < -0.39 is 5.60 Å². The smallest absolute Gasteiger partial charge is 0.407 e. The van der Waals surface area contributed by atoms with Crippen molar-refractivity contribution in [3.63, 3.8) is 0 Å². The molecule has 0 aliphatic carbocycles. The molecule has 0 fully saturated rings. The SMILES string of the molecule is CC(C)CC(NC(=O)OC(C)(C)C)C(c1ccccc1)c1ccccc1. The number of amides is 1. The molecule has 0 aromatic heterocycles. The van der Waals surface area contributed by atoms with Crippen molar-refractivity contribution in [2.75, 3.05) is 0 Å². The van der Waals surface area contributed by atoms with E-state index in [2.05, 4.69) is 43.4 Å². The maximum atomic E-state index is 12.5. The second-order valence-corrected chi connectivity index (χ2v) is 8.18. The van der Waals surface area contributed by atoms with Crippen LogP contribution in [-0.2, 0) is 4.74 Å². The number of carbonyl (C=O) groups excluding carboxylic acids is 1. The van der Waals surface area contributed by atoms with Crippen LogP contribution in [0.25, 0.3) is 0 Å². The first-order valence-electron chi connectivity index (χ1n) is 9.35. The molecule has 2 aromatic carbocycles. The molecule has 2 rings (SSSR count). The van der Waals surface area contributed by atoms with E-state index in [0.29, 0.717) is 5.92 Å². The highest BCUT2D eigenvalue weighted by Gasteiger charge is 2.29. The van der Waals surface area contributed by atoms with Crippen LogP contribution in [0.1, 0.15) is 58.1 Å². The molecule has 0 saturated carbocycles. The van der Waals surface area contributed by atoms with Gasteiger partial charge in [-0.1, -0.05) is 74.5 Å². The molecule has 1 amide bonds.